The first kappa shape index (κ1) is 6.45. The van der Waals surface area contributed by atoms with Crippen LogP contribution >= 0.6 is 9.24 Å². The third-order valence-electron chi connectivity index (χ3n) is 0.714. The van der Waals surface area contributed by atoms with E-state index in [9.17, 15) is 0 Å². The average molecular weight is 104 g/mol. The highest BCUT2D eigenvalue weighted by atomic mass is 31.0. The molecular weight excluding hydrogens is 93.8 g/mol. The molecule has 1 nitrogen and oxygen atoms in total. The summed E-state index contributed by atoms with van der Waals surface area (Å²) in [5.41, 5.74) is 0. The maximum absolute atomic E-state index is 8.32. The summed E-state index contributed by atoms with van der Waals surface area (Å²) in [6, 6.07) is 0. The summed E-state index contributed by atoms with van der Waals surface area (Å²) < 4.78 is 0. The zero-order valence-corrected chi connectivity index (χ0v) is 5.17. The van der Waals surface area contributed by atoms with Crippen molar-refractivity contribution in [3.05, 3.63) is 0 Å². The van der Waals surface area contributed by atoms with Gasteiger partial charge in [0.15, 0.2) is 0 Å². The second-order valence-corrected chi connectivity index (χ2v) is 1.99. The molecule has 6 heavy (non-hydrogen) atoms. The fraction of sp³-hybridized carbons (Fsp3) is 1.00. The smallest absolute Gasteiger partial charge is 0.274 e. The van der Waals surface area contributed by atoms with Gasteiger partial charge in [-0.25, -0.2) is 0 Å². The quantitative estimate of drug-likeness (QED) is 0.386. The Balaban J connectivity index is 2.75. The fourth-order valence-electron chi connectivity index (χ4n) is 0.0745. The molecule has 0 aromatic carbocycles. The van der Waals surface area contributed by atoms with Gasteiger partial charge in [-0.2, -0.15) is 0 Å². The van der Waals surface area contributed by atoms with Crippen LogP contribution in [0.25, 0.3) is 0 Å². The van der Waals surface area contributed by atoms with Crippen LogP contribution in [-0.2, 0) is 0 Å². The summed E-state index contributed by atoms with van der Waals surface area (Å²) in [5, 5.41) is 8.32. The van der Waals surface area contributed by atoms with E-state index in [-0.39, 0.29) is 0 Å². The summed E-state index contributed by atoms with van der Waals surface area (Å²) in [5.74, 6) is 0.454. The van der Waals surface area contributed by atoms with E-state index in [4.69, 9.17) is 5.02 Å². The first-order valence-corrected chi connectivity index (χ1v) is 2.93. The molecule has 0 saturated heterocycles. The summed E-state index contributed by atoms with van der Waals surface area (Å²) in [4.78, 5) is 0. The van der Waals surface area contributed by atoms with Crippen LogP contribution in [0.15, 0.2) is 0 Å². The van der Waals surface area contributed by atoms with E-state index in [2.05, 4.69) is 9.24 Å². The molecule has 1 N–H and O–H groups in total. The molecule has 0 bridgehead atoms. The Labute approximate surface area is 41.6 Å². The van der Waals surface area contributed by atoms with Crippen molar-refractivity contribution in [2.75, 3.05) is 6.16 Å². The van der Waals surface area contributed by atoms with Crippen LogP contribution in [0.5, 0.6) is 0 Å². The van der Waals surface area contributed by atoms with Gasteiger partial charge in [-0.15, -0.1) is 9.24 Å². The van der Waals surface area contributed by atoms with Crippen LogP contribution in [0.1, 0.15) is 6.92 Å². The Morgan fingerprint density at radius 3 is 2.50 bits per heavy atom. The summed E-state index contributed by atoms with van der Waals surface area (Å²) in [6.07, 6.45) is 0.997. The number of hydrogen-bond acceptors (Lipinski definition) is 1. The molecule has 0 aliphatic carbocycles. The highest BCUT2D eigenvalue weighted by molar-refractivity contribution is 7.16. The lowest BCUT2D eigenvalue weighted by molar-refractivity contribution is 0.588. The van der Waals surface area contributed by atoms with Gasteiger partial charge in [0, 0.05) is 0 Å². The van der Waals surface area contributed by atoms with E-state index in [1.165, 1.54) is 0 Å². The lowest BCUT2D eigenvalue weighted by Gasteiger charge is -1.95. The van der Waals surface area contributed by atoms with Crippen LogP contribution in [0.4, 0.5) is 0 Å². The van der Waals surface area contributed by atoms with E-state index in [1.54, 1.807) is 0 Å². The van der Waals surface area contributed by atoms with Gasteiger partial charge in [-0.3, -0.25) is 0 Å². The van der Waals surface area contributed by atoms with Gasteiger partial charge in [-0.05, 0) is 12.0 Å². The Hall–Kier alpha value is 0.455. The van der Waals surface area contributed by atoms with Crippen molar-refractivity contribution in [2.24, 2.45) is 0 Å². The molecular formula is C3H10BOP. The van der Waals surface area contributed by atoms with Crippen molar-refractivity contribution in [3.8, 4) is 0 Å². The molecule has 0 aliphatic heterocycles. The van der Waals surface area contributed by atoms with Gasteiger partial charge < -0.3 is 5.02 Å². The molecule has 0 fully saturated rings. The molecule has 0 spiro atoms. The van der Waals surface area contributed by atoms with E-state index < -0.39 is 0 Å². The maximum Gasteiger partial charge on any atom is 0.274 e. The van der Waals surface area contributed by atoms with Crippen molar-refractivity contribution in [1.29, 1.82) is 0 Å². The van der Waals surface area contributed by atoms with Crippen molar-refractivity contribution >= 4 is 16.7 Å². The highest BCUT2D eigenvalue weighted by Gasteiger charge is 1.94. The summed E-state index contributed by atoms with van der Waals surface area (Å²) in [6.45, 7) is 2.01. The van der Waals surface area contributed by atoms with E-state index >= 15 is 0 Å². The molecule has 0 aromatic heterocycles. The fourth-order valence-corrected chi connectivity index (χ4v) is 0.224. The average Bonchev–Trinajstić information content (AvgIpc) is 1.65. The normalized spacial score (nSPS) is 13.8. The lowest BCUT2D eigenvalue weighted by atomic mass is 9.84. The van der Waals surface area contributed by atoms with Crippen LogP contribution in [-0.4, -0.2) is 18.7 Å². The molecule has 0 amide bonds. The van der Waals surface area contributed by atoms with Gasteiger partial charge in [0.2, 0.25) is 0 Å². The zero-order chi connectivity index (χ0) is 4.99. The molecule has 36 valence electrons. The second kappa shape index (κ2) is 3.64. The standard InChI is InChI=1S/C3H10BOP/c1-3(2-6)4-5/h3-5H,2,6H2,1H3. The third kappa shape index (κ3) is 2.68. The highest BCUT2D eigenvalue weighted by Crippen LogP contribution is 2.01. The largest absolute Gasteiger partial charge is 0.454 e. The minimum absolute atomic E-state index is 0.309. The molecule has 0 aromatic rings. The van der Waals surface area contributed by atoms with Gasteiger partial charge >= 0.3 is 0 Å². The molecule has 0 rings (SSSR count). The van der Waals surface area contributed by atoms with E-state index in [0.29, 0.717) is 13.3 Å². The van der Waals surface area contributed by atoms with Crippen molar-refractivity contribution in [2.45, 2.75) is 12.7 Å². The van der Waals surface area contributed by atoms with Gasteiger partial charge in [0.25, 0.3) is 7.48 Å². The predicted octanol–water partition coefficient (Wildman–Crippen LogP) is 0.0137. The third-order valence-corrected chi connectivity index (χ3v) is 1.52. The molecule has 3 heteroatoms. The summed E-state index contributed by atoms with van der Waals surface area (Å²) in [7, 11) is 2.89. The van der Waals surface area contributed by atoms with E-state index in [1.807, 2.05) is 6.92 Å². The van der Waals surface area contributed by atoms with Crippen molar-refractivity contribution in [3.63, 3.8) is 0 Å². The molecule has 2 unspecified atom stereocenters. The monoisotopic (exact) mass is 104 g/mol. The molecule has 0 saturated carbocycles. The first-order valence-electron chi connectivity index (χ1n) is 2.12. The number of hydrogen-bond donors (Lipinski definition) is 1. The minimum Gasteiger partial charge on any atom is -0.454 e. The molecule has 0 heterocycles. The van der Waals surface area contributed by atoms with Crippen LogP contribution in [0.3, 0.4) is 0 Å². The van der Waals surface area contributed by atoms with Gasteiger partial charge in [0.05, 0.1) is 0 Å². The first-order chi connectivity index (χ1) is 2.81. The lowest BCUT2D eigenvalue weighted by Crippen LogP contribution is -1.97. The second-order valence-electron chi connectivity index (χ2n) is 1.52. The number of rotatable bonds is 2. The van der Waals surface area contributed by atoms with Crippen LogP contribution < -0.4 is 0 Å². The van der Waals surface area contributed by atoms with Crippen LogP contribution in [0, 0.1) is 0 Å². The van der Waals surface area contributed by atoms with Gasteiger partial charge in [-0.1, -0.05) is 6.92 Å². The Bertz CT molecular complexity index is 30.0. The zero-order valence-electron chi connectivity index (χ0n) is 4.02. The predicted molar refractivity (Wildman–Crippen MR) is 33.4 cm³/mol. The SMILES string of the molecule is CC(BO)CP. The van der Waals surface area contributed by atoms with Crippen molar-refractivity contribution < 1.29 is 5.02 Å². The topological polar surface area (TPSA) is 20.2 Å². The maximum atomic E-state index is 8.32. The summed E-state index contributed by atoms with van der Waals surface area (Å²) >= 11 is 0. The van der Waals surface area contributed by atoms with Gasteiger partial charge in [0.1, 0.15) is 0 Å². The Morgan fingerprint density at radius 2 is 2.50 bits per heavy atom. The minimum atomic E-state index is 0.309. The molecule has 0 aliphatic rings. The molecule has 0 radical (unpaired) electrons. The van der Waals surface area contributed by atoms with E-state index in [0.717, 1.165) is 6.16 Å². The Kier molecular flexibility index (Phi) is 3.91. The Morgan fingerprint density at radius 1 is 2.00 bits per heavy atom. The van der Waals surface area contributed by atoms with Crippen LogP contribution in [0.2, 0.25) is 5.82 Å². The molecule has 2 atom stereocenters. The van der Waals surface area contributed by atoms with Crippen molar-refractivity contribution in [1.82, 2.24) is 0 Å².